The van der Waals surface area contributed by atoms with Crippen LogP contribution in [0.3, 0.4) is 0 Å². The Hall–Kier alpha value is -0.930. The molecule has 0 saturated heterocycles. The van der Waals surface area contributed by atoms with Gasteiger partial charge >= 0.3 is 0 Å². The Morgan fingerprint density at radius 3 is 2.59 bits per heavy atom. The number of halogens is 1. The zero-order valence-electron chi connectivity index (χ0n) is 9.40. The summed E-state index contributed by atoms with van der Waals surface area (Å²) in [6.45, 7) is 0. The Labute approximate surface area is 115 Å². The van der Waals surface area contributed by atoms with Crippen molar-refractivity contribution in [3.8, 4) is 0 Å². The number of benzene rings is 2. The van der Waals surface area contributed by atoms with Crippen LogP contribution in [0.4, 0.5) is 5.69 Å². The number of thioether (sulfide) groups is 1. The van der Waals surface area contributed by atoms with E-state index in [0.717, 1.165) is 27.2 Å². The zero-order valence-corrected chi connectivity index (χ0v) is 11.8. The second kappa shape index (κ2) is 6.12. The van der Waals surface area contributed by atoms with Crippen molar-refractivity contribution >= 4 is 33.4 Å². The largest absolute Gasteiger partial charge is 0.398 e. The number of hydrogen-bond donors (Lipinski definition) is 1. The van der Waals surface area contributed by atoms with Crippen LogP contribution < -0.4 is 5.73 Å². The highest BCUT2D eigenvalue weighted by Crippen LogP contribution is 2.28. The number of rotatable bonds is 4. The molecule has 0 aliphatic heterocycles. The Kier molecular flexibility index (Phi) is 4.51. The summed E-state index contributed by atoms with van der Waals surface area (Å²) in [6.07, 6.45) is 1.07. The number of hydrogen-bond acceptors (Lipinski definition) is 2. The minimum absolute atomic E-state index is 0.853. The first-order chi connectivity index (χ1) is 8.25. The van der Waals surface area contributed by atoms with E-state index in [4.69, 9.17) is 5.73 Å². The van der Waals surface area contributed by atoms with Gasteiger partial charge in [0.2, 0.25) is 0 Å². The molecule has 0 bridgehead atoms. The van der Waals surface area contributed by atoms with E-state index >= 15 is 0 Å². The Bertz CT molecular complexity index is 485. The van der Waals surface area contributed by atoms with Crippen LogP contribution in [0.5, 0.6) is 0 Å². The normalized spacial score (nSPS) is 10.4. The summed E-state index contributed by atoms with van der Waals surface area (Å²) >= 11 is 5.27. The minimum atomic E-state index is 0.853. The van der Waals surface area contributed by atoms with Gasteiger partial charge < -0.3 is 5.73 Å². The summed E-state index contributed by atoms with van der Waals surface area (Å²) in [5.74, 6) is 1.05. The lowest BCUT2D eigenvalue weighted by atomic mass is 10.2. The lowest BCUT2D eigenvalue weighted by molar-refractivity contribution is 1.15. The fourth-order valence-electron chi connectivity index (χ4n) is 1.56. The lowest BCUT2D eigenvalue weighted by Crippen LogP contribution is -1.91. The minimum Gasteiger partial charge on any atom is -0.398 e. The lowest BCUT2D eigenvalue weighted by Gasteiger charge is -2.06. The molecule has 0 saturated carbocycles. The summed E-state index contributed by atoms with van der Waals surface area (Å²) in [4.78, 5) is 1.15. The molecule has 2 N–H and O–H groups in total. The molecule has 0 heterocycles. The van der Waals surface area contributed by atoms with Gasteiger partial charge in [0, 0.05) is 20.8 Å². The molecular weight excluding hydrogens is 294 g/mol. The second-order valence-corrected chi connectivity index (χ2v) is 5.82. The van der Waals surface area contributed by atoms with Crippen LogP contribution in [0, 0.1) is 0 Å². The van der Waals surface area contributed by atoms with E-state index in [1.54, 1.807) is 11.8 Å². The van der Waals surface area contributed by atoms with Gasteiger partial charge in [-0.05, 0) is 30.2 Å². The molecule has 0 aliphatic carbocycles. The zero-order chi connectivity index (χ0) is 12.1. The van der Waals surface area contributed by atoms with Crippen LogP contribution in [0.15, 0.2) is 57.9 Å². The molecule has 1 nitrogen and oxygen atoms in total. The van der Waals surface area contributed by atoms with Crippen molar-refractivity contribution < 1.29 is 0 Å². The predicted octanol–water partition coefficient (Wildman–Crippen LogP) is 4.37. The molecule has 0 spiro atoms. The van der Waals surface area contributed by atoms with E-state index in [9.17, 15) is 0 Å². The van der Waals surface area contributed by atoms with Gasteiger partial charge in [-0.25, -0.2) is 0 Å². The predicted molar refractivity (Wildman–Crippen MR) is 79.4 cm³/mol. The fraction of sp³-hybridized carbons (Fsp3) is 0.143. The van der Waals surface area contributed by atoms with E-state index < -0.39 is 0 Å². The number of aryl methyl sites for hydroxylation is 1. The van der Waals surface area contributed by atoms with E-state index in [-0.39, 0.29) is 0 Å². The van der Waals surface area contributed by atoms with Gasteiger partial charge in [-0.15, -0.1) is 11.8 Å². The fourth-order valence-corrected chi connectivity index (χ4v) is 3.07. The van der Waals surface area contributed by atoms with Gasteiger partial charge in [-0.2, -0.15) is 0 Å². The number of nitrogens with two attached hydrogens (primary N) is 1. The Morgan fingerprint density at radius 2 is 1.82 bits per heavy atom. The molecule has 0 atom stereocenters. The maximum Gasteiger partial charge on any atom is 0.0453 e. The van der Waals surface area contributed by atoms with E-state index in [1.807, 2.05) is 18.2 Å². The molecule has 0 unspecified atom stereocenters. The van der Waals surface area contributed by atoms with Crippen molar-refractivity contribution in [3.05, 3.63) is 58.6 Å². The molecule has 88 valence electrons. The summed E-state index contributed by atoms with van der Waals surface area (Å²) in [6, 6.07) is 16.5. The quantitative estimate of drug-likeness (QED) is 0.670. The molecular formula is C14H14BrNS. The smallest absolute Gasteiger partial charge is 0.0453 e. The van der Waals surface area contributed by atoms with E-state index in [0.29, 0.717) is 0 Å². The van der Waals surface area contributed by atoms with Gasteiger partial charge in [0.15, 0.2) is 0 Å². The van der Waals surface area contributed by atoms with Crippen molar-refractivity contribution in [2.45, 2.75) is 11.3 Å². The van der Waals surface area contributed by atoms with Crippen molar-refractivity contribution in [3.63, 3.8) is 0 Å². The Morgan fingerprint density at radius 1 is 1.06 bits per heavy atom. The SMILES string of the molecule is Nc1ccc(Br)cc1SCCc1ccccc1. The third-order valence-electron chi connectivity index (χ3n) is 2.47. The maximum atomic E-state index is 5.93. The number of nitrogen functional groups attached to an aromatic ring is 1. The topological polar surface area (TPSA) is 26.0 Å². The van der Waals surface area contributed by atoms with Crippen molar-refractivity contribution in [1.29, 1.82) is 0 Å². The van der Waals surface area contributed by atoms with E-state index in [1.165, 1.54) is 5.56 Å². The number of anilines is 1. The molecule has 2 rings (SSSR count). The van der Waals surface area contributed by atoms with Gasteiger partial charge in [-0.3, -0.25) is 0 Å². The highest BCUT2D eigenvalue weighted by atomic mass is 79.9. The summed E-state index contributed by atoms with van der Waals surface area (Å²) in [7, 11) is 0. The van der Waals surface area contributed by atoms with Crippen molar-refractivity contribution in [2.24, 2.45) is 0 Å². The first-order valence-electron chi connectivity index (χ1n) is 5.47. The van der Waals surface area contributed by atoms with Crippen LogP contribution in [-0.2, 0) is 6.42 Å². The van der Waals surface area contributed by atoms with Gasteiger partial charge in [0.25, 0.3) is 0 Å². The van der Waals surface area contributed by atoms with Crippen molar-refractivity contribution in [1.82, 2.24) is 0 Å². The average Bonchev–Trinajstić information content (AvgIpc) is 2.35. The standard InChI is InChI=1S/C14H14BrNS/c15-12-6-7-13(16)14(10-12)17-9-8-11-4-2-1-3-5-11/h1-7,10H,8-9,16H2. The first-order valence-corrected chi connectivity index (χ1v) is 7.25. The molecule has 2 aromatic rings. The van der Waals surface area contributed by atoms with Crippen LogP contribution >= 0.6 is 27.7 Å². The highest BCUT2D eigenvalue weighted by Gasteiger charge is 2.01. The molecule has 0 amide bonds. The average molecular weight is 308 g/mol. The molecule has 0 radical (unpaired) electrons. The van der Waals surface area contributed by atoms with Gasteiger partial charge in [0.05, 0.1) is 0 Å². The second-order valence-electron chi connectivity index (χ2n) is 3.77. The van der Waals surface area contributed by atoms with Crippen molar-refractivity contribution in [2.75, 3.05) is 11.5 Å². The molecule has 3 heteroatoms. The van der Waals surface area contributed by atoms with Crippen LogP contribution in [0.1, 0.15) is 5.56 Å². The van der Waals surface area contributed by atoms with Gasteiger partial charge in [-0.1, -0.05) is 46.3 Å². The third-order valence-corrected chi connectivity index (χ3v) is 4.03. The van der Waals surface area contributed by atoms with E-state index in [2.05, 4.69) is 46.3 Å². The molecule has 0 aliphatic rings. The first kappa shape index (κ1) is 12.5. The molecule has 0 fully saturated rings. The Balaban J connectivity index is 1.92. The molecule has 0 aromatic heterocycles. The summed E-state index contributed by atoms with van der Waals surface area (Å²) in [5, 5.41) is 0. The molecule has 2 aromatic carbocycles. The van der Waals surface area contributed by atoms with Crippen LogP contribution in [0.2, 0.25) is 0 Å². The summed E-state index contributed by atoms with van der Waals surface area (Å²) < 4.78 is 1.08. The van der Waals surface area contributed by atoms with Gasteiger partial charge in [0.1, 0.15) is 0 Å². The molecule has 17 heavy (non-hydrogen) atoms. The third kappa shape index (κ3) is 3.79. The van der Waals surface area contributed by atoms with Crippen LogP contribution in [-0.4, -0.2) is 5.75 Å². The summed E-state index contributed by atoms with van der Waals surface area (Å²) in [5.41, 5.74) is 8.15. The highest BCUT2D eigenvalue weighted by molar-refractivity contribution is 9.10. The monoisotopic (exact) mass is 307 g/mol. The maximum absolute atomic E-state index is 5.93. The van der Waals surface area contributed by atoms with Crippen LogP contribution in [0.25, 0.3) is 0 Å².